The van der Waals surface area contributed by atoms with Crippen LogP contribution in [0.25, 0.3) is 31.7 Å². The molecule has 0 bridgehead atoms. The fraction of sp³-hybridized carbons (Fsp3) is 0.489. The Morgan fingerprint density at radius 2 is 0.984 bits per heavy atom. The number of nitrogens with zero attached hydrogens (tertiary/aromatic N) is 4. The second-order valence-electron chi connectivity index (χ2n) is 17.0. The molecule has 3 aliphatic carbocycles. The molecule has 2 unspecified atom stereocenters. The minimum absolute atomic E-state index is 0. The Bertz CT molecular complexity index is 2360. The SMILES string of the molecule is C1CCC2CCCCC2C1.COC(=O)c1csc(-c2cc(C)[nH]n2)c1.Cc1cc(-c2cc(C(=O)N3CCCC4CCCCC43)cs2)n[nH]1.Cc1cc(-c2cc(C(=O)O)cs2)n[nH]1.Cl. The number of carbonyl (C=O) groups is 3. The number of carboxylic acids is 1. The number of amides is 1. The molecule has 7 heterocycles. The Balaban J connectivity index is 0.000000145. The maximum Gasteiger partial charge on any atom is 0.338 e. The highest BCUT2D eigenvalue weighted by Crippen LogP contribution is 2.40. The molecule has 16 heteroatoms. The lowest BCUT2D eigenvalue weighted by Crippen LogP contribution is -2.49. The highest BCUT2D eigenvalue weighted by Gasteiger charge is 2.36. The average molecular weight is 935 g/mol. The molecule has 10 rings (SSSR count). The van der Waals surface area contributed by atoms with Gasteiger partial charge < -0.3 is 14.7 Å². The van der Waals surface area contributed by atoms with E-state index in [-0.39, 0.29) is 24.3 Å². The number of piperidine rings is 1. The summed E-state index contributed by atoms with van der Waals surface area (Å²) in [6, 6.07) is 11.7. The summed E-state index contributed by atoms with van der Waals surface area (Å²) < 4.78 is 4.63. The molecular weight excluding hydrogens is 874 g/mol. The second-order valence-corrected chi connectivity index (χ2v) is 19.8. The zero-order valence-corrected chi connectivity index (χ0v) is 39.9. The molecule has 0 spiro atoms. The van der Waals surface area contributed by atoms with Gasteiger partial charge in [-0.2, -0.15) is 15.3 Å². The Hall–Kier alpha value is -4.57. The molecule has 4 fully saturated rings. The van der Waals surface area contributed by atoms with Crippen LogP contribution in [0.4, 0.5) is 0 Å². The first-order valence-corrected chi connectivity index (χ1v) is 24.7. The molecular formula is C47H60ClN7O5S3. The Morgan fingerprint density at radius 1 is 0.587 bits per heavy atom. The third-order valence-corrected chi connectivity index (χ3v) is 15.4. The van der Waals surface area contributed by atoms with E-state index < -0.39 is 5.97 Å². The number of esters is 1. The van der Waals surface area contributed by atoms with Crippen LogP contribution >= 0.6 is 46.4 Å². The van der Waals surface area contributed by atoms with Crippen LogP contribution < -0.4 is 0 Å². The summed E-state index contributed by atoms with van der Waals surface area (Å²) in [7, 11) is 1.37. The fourth-order valence-corrected chi connectivity index (χ4v) is 11.9. The number of fused-ring (bicyclic) bond motifs is 2. The van der Waals surface area contributed by atoms with Gasteiger partial charge in [-0.1, -0.05) is 64.2 Å². The Kier molecular flexibility index (Phi) is 17.4. The zero-order chi connectivity index (χ0) is 43.6. The number of thiophene rings is 3. The summed E-state index contributed by atoms with van der Waals surface area (Å²) in [5.74, 6) is 2.04. The average Bonchev–Trinajstić information content (AvgIpc) is 4.16. The van der Waals surface area contributed by atoms with Crippen molar-refractivity contribution in [3.8, 4) is 31.7 Å². The largest absolute Gasteiger partial charge is 0.478 e. The van der Waals surface area contributed by atoms with E-state index in [1.54, 1.807) is 59.9 Å². The quantitative estimate of drug-likeness (QED) is 0.120. The summed E-state index contributed by atoms with van der Waals surface area (Å²) in [4.78, 5) is 39.9. The van der Waals surface area contributed by atoms with Gasteiger partial charge in [0.1, 0.15) is 17.1 Å². The van der Waals surface area contributed by atoms with E-state index in [1.807, 2.05) is 50.4 Å². The monoisotopic (exact) mass is 933 g/mol. The first kappa shape index (κ1) is 47.9. The number of aromatic amines is 3. The van der Waals surface area contributed by atoms with Gasteiger partial charge in [-0.05, 0) is 101 Å². The first-order valence-electron chi connectivity index (χ1n) is 22.0. The molecule has 63 heavy (non-hydrogen) atoms. The maximum atomic E-state index is 13.0. The van der Waals surface area contributed by atoms with Crippen molar-refractivity contribution >= 4 is 64.3 Å². The van der Waals surface area contributed by atoms with Crippen molar-refractivity contribution in [3.63, 3.8) is 0 Å². The molecule has 3 saturated carbocycles. The second kappa shape index (κ2) is 22.9. The number of halogens is 1. The number of hydrogen-bond acceptors (Lipinski definition) is 10. The first-order chi connectivity index (χ1) is 30.1. The number of H-pyrrole nitrogens is 3. The van der Waals surface area contributed by atoms with Crippen molar-refractivity contribution in [3.05, 3.63) is 86.3 Å². The number of hydrogen-bond donors (Lipinski definition) is 4. The van der Waals surface area contributed by atoms with E-state index in [0.29, 0.717) is 17.2 Å². The number of rotatable bonds is 6. The molecule has 338 valence electrons. The highest BCUT2D eigenvalue weighted by atomic mass is 35.5. The highest BCUT2D eigenvalue weighted by molar-refractivity contribution is 7.14. The van der Waals surface area contributed by atoms with Gasteiger partial charge in [0.15, 0.2) is 0 Å². The number of aromatic nitrogens is 6. The Morgan fingerprint density at radius 3 is 1.41 bits per heavy atom. The molecule has 6 aromatic rings. The number of ether oxygens (including phenoxy) is 1. The minimum atomic E-state index is -0.903. The van der Waals surface area contributed by atoms with Crippen LogP contribution in [0, 0.1) is 38.5 Å². The summed E-state index contributed by atoms with van der Waals surface area (Å²) in [6.45, 7) is 6.76. The van der Waals surface area contributed by atoms with E-state index >= 15 is 0 Å². The number of nitrogens with one attached hydrogen (secondary N) is 3. The molecule has 4 N–H and O–H groups in total. The number of carboxylic acid groups (broad SMARTS) is 1. The number of aryl methyl sites for hydroxylation is 3. The zero-order valence-electron chi connectivity index (χ0n) is 36.6. The van der Waals surface area contributed by atoms with Crippen molar-refractivity contribution in [2.45, 2.75) is 117 Å². The van der Waals surface area contributed by atoms with Crippen LogP contribution in [0.5, 0.6) is 0 Å². The van der Waals surface area contributed by atoms with Gasteiger partial charge in [0, 0.05) is 45.8 Å². The summed E-state index contributed by atoms with van der Waals surface area (Å²) in [5.41, 5.74) is 7.29. The lowest BCUT2D eigenvalue weighted by molar-refractivity contribution is 0.0391. The van der Waals surface area contributed by atoms with Crippen molar-refractivity contribution in [2.24, 2.45) is 17.8 Å². The molecule has 12 nitrogen and oxygen atoms in total. The summed E-state index contributed by atoms with van der Waals surface area (Å²) >= 11 is 4.46. The normalized spacial score (nSPS) is 20.2. The van der Waals surface area contributed by atoms with E-state index in [4.69, 9.17) is 5.11 Å². The fourth-order valence-electron chi connectivity index (χ4n) is 9.39. The molecule has 6 aromatic heterocycles. The van der Waals surface area contributed by atoms with Gasteiger partial charge in [-0.25, -0.2) is 9.59 Å². The maximum absolute atomic E-state index is 13.0. The molecule has 1 amide bonds. The third-order valence-electron chi connectivity index (χ3n) is 12.6. The molecule has 4 aliphatic rings. The topological polar surface area (TPSA) is 170 Å². The molecule has 1 saturated heterocycles. The van der Waals surface area contributed by atoms with Crippen LogP contribution in [0.3, 0.4) is 0 Å². The number of carbonyl (C=O) groups excluding carboxylic acids is 2. The van der Waals surface area contributed by atoms with Crippen molar-refractivity contribution in [1.82, 2.24) is 35.5 Å². The molecule has 0 radical (unpaired) electrons. The van der Waals surface area contributed by atoms with E-state index in [0.717, 1.165) is 85.1 Å². The van der Waals surface area contributed by atoms with Crippen LogP contribution in [0.2, 0.25) is 0 Å². The van der Waals surface area contributed by atoms with Crippen LogP contribution in [-0.4, -0.2) is 78.1 Å². The van der Waals surface area contributed by atoms with Gasteiger partial charge >= 0.3 is 11.9 Å². The van der Waals surface area contributed by atoms with E-state index in [9.17, 15) is 14.4 Å². The van der Waals surface area contributed by atoms with Crippen molar-refractivity contribution < 1.29 is 24.2 Å². The predicted octanol–water partition coefficient (Wildman–Crippen LogP) is 12.4. The molecule has 0 aromatic carbocycles. The lowest BCUT2D eigenvalue weighted by Gasteiger charge is -2.44. The molecule has 2 atom stereocenters. The number of methoxy groups -OCH3 is 1. The van der Waals surface area contributed by atoms with E-state index in [2.05, 4.69) is 40.2 Å². The minimum Gasteiger partial charge on any atom is -0.478 e. The van der Waals surface area contributed by atoms with Crippen LogP contribution in [0.15, 0.2) is 52.5 Å². The smallest absolute Gasteiger partial charge is 0.338 e. The van der Waals surface area contributed by atoms with E-state index in [1.165, 1.54) is 87.6 Å². The molecule has 1 aliphatic heterocycles. The van der Waals surface area contributed by atoms with Gasteiger partial charge in [0.25, 0.3) is 5.91 Å². The number of likely N-dealkylation sites (tertiary alicyclic amines) is 1. The van der Waals surface area contributed by atoms with Crippen LogP contribution in [0.1, 0.15) is 138 Å². The summed E-state index contributed by atoms with van der Waals surface area (Å²) in [5, 5.41) is 35.2. The van der Waals surface area contributed by atoms with Gasteiger partial charge in [-0.15, -0.1) is 46.4 Å². The van der Waals surface area contributed by atoms with Gasteiger partial charge in [0.2, 0.25) is 0 Å². The summed E-state index contributed by atoms with van der Waals surface area (Å²) in [6.07, 6.45) is 19.9. The van der Waals surface area contributed by atoms with Crippen LogP contribution in [-0.2, 0) is 4.74 Å². The van der Waals surface area contributed by atoms with Crippen molar-refractivity contribution in [1.29, 1.82) is 0 Å². The Labute approximate surface area is 388 Å². The third kappa shape index (κ3) is 12.6. The van der Waals surface area contributed by atoms with Crippen molar-refractivity contribution in [2.75, 3.05) is 13.7 Å². The standard InChI is InChI=1S/C18H23N3OS.C10H10N2O2S.C10H18.C9H8N2O2S.ClH/c1-12-9-15(20-19-12)17-10-14(11-23-17)18(22)21-8-4-6-13-5-2-3-7-16(13)21;1-6-3-8(12-11-6)9-4-7(5-15-9)10(13)14-2;1-2-6-10-8-4-3-7-9(10)5-1;1-5-2-7(11-10-5)8-3-6(4-14-8)9(12)13;/h9-11,13,16H,2-8H2,1H3,(H,19,20);3-5H,1-2H3,(H,11,12);9-10H,1-8H2;2-4H,1H3,(H,10,11)(H,12,13);1H. The predicted molar refractivity (Wildman–Crippen MR) is 255 cm³/mol. The lowest BCUT2D eigenvalue weighted by atomic mass is 9.71. The number of aromatic carboxylic acids is 1. The van der Waals surface area contributed by atoms with Gasteiger partial charge in [-0.3, -0.25) is 20.1 Å². The van der Waals surface area contributed by atoms with Gasteiger partial charge in [0.05, 0.1) is 38.4 Å².